The first-order valence-corrected chi connectivity index (χ1v) is 4.04. The van der Waals surface area contributed by atoms with E-state index in [9.17, 15) is 13.6 Å². The van der Waals surface area contributed by atoms with Crippen LogP contribution >= 0.6 is 12.4 Å². The molecule has 6 heteroatoms. The first-order chi connectivity index (χ1) is 6.65. The number of carbonyl (C=O) groups is 1. The molecule has 1 aromatic rings. The van der Waals surface area contributed by atoms with Crippen molar-refractivity contribution in [1.29, 1.82) is 0 Å². The zero-order chi connectivity index (χ0) is 10.1. The number of carbonyl (C=O) groups excluding carboxylic acids is 1. The minimum absolute atomic E-state index is 0. The van der Waals surface area contributed by atoms with E-state index in [0.717, 1.165) is 6.07 Å². The van der Waals surface area contributed by atoms with Crippen molar-refractivity contribution in [3.63, 3.8) is 0 Å². The highest BCUT2D eigenvalue weighted by Gasteiger charge is 2.24. The smallest absolute Gasteiger partial charge is 0.407 e. The molecule has 0 unspecified atom stereocenters. The van der Waals surface area contributed by atoms with Gasteiger partial charge in [-0.1, -0.05) is 0 Å². The molecule has 1 aliphatic rings. The quantitative estimate of drug-likeness (QED) is 0.810. The maximum absolute atomic E-state index is 12.8. The standard InChI is InChI=1S/C9H7F2NO2.ClH/c10-6-1-5(2-7(11)3-6)8-4-14-9(13)12-8;/h1-3,8H,4H2,(H,12,13);1H/t8-;/m0./s1. The Morgan fingerprint density at radius 1 is 1.27 bits per heavy atom. The largest absolute Gasteiger partial charge is 0.447 e. The van der Waals surface area contributed by atoms with Crippen LogP contribution in [0.25, 0.3) is 0 Å². The molecule has 3 nitrogen and oxygen atoms in total. The SMILES string of the molecule is Cl.O=C1N[C@H](c2cc(F)cc(F)c2)CO1. The van der Waals surface area contributed by atoms with Gasteiger partial charge in [0.2, 0.25) is 0 Å². The maximum Gasteiger partial charge on any atom is 0.407 e. The Morgan fingerprint density at radius 2 is 1.87 bits per heavy atom. The molecule has 1 fully saturated rings. The molecule has 0 saturated carbocycles. The molecule has 0 spiro atoms. The Kier molecular flexibility index (Phi) is 3.47. The zero-order valence-corrected chi connectivity index (χ0v) is 8.31. The van der Waals surface area contributed by atoms with E-state index in [1.165, 1.54) is 12.1 Å². The van der Waals surface area contributed by atoms with Gasteiger partial charge < -0.3 is 10.1 Å². The number of hydrogen-bond acceptors (Lipinski definition) is 2. The lowest BCUT2D eigenvalue weighted by atomic mass is 10.1. The van der Waals surface area contributed by atoms with E-state index in [-0.39, 0.29) is 19.0 Å². The van der Waals surface area contributed by atoms with Crippen LogP contribution in [0.5, 0.6) is 0 Å². The van der Waals surface area contributed by atoms with Gasteiger partial charge in [0.1, 0.15) is 18.2 Å². The third kappa shape index (κ3) is 2.56. The van der Waals surface area contributed by atoms with Gasteiger partial charge in [0.05, 0.1) is 6.04 Å². The van der Waals surface area contributed by atoms with Gasteiger partial charge in [0.25, 0.3) is 0 Å². The van der Waals surface area contributed by atoms with E-state index in [1.54, 1.807) is 0 Å². The second-order valence-electron chi connectivity index (χ2n) is 3.00. The average molecular weight is 236 g/mol. The number of hydrogen-bond donors (Lipinski definition) is 1. The molecular formula is C9H8ClF2NO2. The Labute approximate surface area is 90.8 Å². The molecule has 1 amide bonds. The molecule has 82 valence electrons. The molecular weight excluding hydrogens is 228 g/mol. The zero-order valence-electron chi connectivity index (χ0n) is 7.50. The fraction of sp³-hybridized carbons (Fsp3) is 0.222. The third-order valence-corrected chi connectivity index (χ3v) is 1.96. The lowest BCUT2D eigenvalue weighted by Gasteiger charge is -2.07. The van der Waals surface area contributed by atoms with E-state index in [0.29, 0.717) is 5.56 Å². The van der Waals surface area contributed by atoms with Crippen LogP contribution in [0.3, 0.4) is 0 Å². The predicted molar refractivity (Wildman–Crippen MR) is 50.8 cm³/mol. The summed E-state index contributed by atoms with van der Waals surface area (Å²) in [5.41, 5.74) is 0.369. The summed E-state index contributed by atoms with van der Waals surface area (Å²) in [7, 11) is 0. The van der Waals surface area contributed by atoms with Crippen LogP contribution in [-0.4, -0.2) is 12.7 Å². The summed E-state index contributed by atoms with van der Waals surface area (Å²) in [4.78, 5) is 10.7. The number of nitrogens with one attached hydrogen (secondary N) is 1. The van der Waals surface area contributed by atoms with Crippen molar-refractivity contribution in [2.75, 3.05) is 6.61 Å². The Balaban J connectivity index is 0.00000112. The predicted octanol–water partition coefficient (Wildman–Crippen LogP) is 2.17. The van der Waals surface area contributed by atoms with Gasteiger partial charge in [-0.15, -0.1) is 12.4 Å². The molecule has 1 N–H and O–H groups in total. The van der Waals surface area contributed by atoms with E-state index >= 15 is 0 Å². The number of halogens is 3. The number of alkyl carbamates (subject to hydrolysis) is 1. The Morgan fingerprint density at radius 3 is 2.33 bits per heavy atom. The highest BCUT2D eigenvalue weighted by molar-refractivity contribution is 5.85. The Bertz CT molecular complexity index is 366. The maximum atomic E-state index is 12.8. The molecule has 1 aliphatic heterocycles. The average Bonchev–Trinajstić information content (AvgIpc) is 2.50. The van der Waals surface area contributed by atoms with Crippen LogP contribution in [0, 0.1) is 11.6 Å². The lowest BCUT2D eigenvalue weighted by Crippen LogP contribution is -2.18. The van der Waals surface area contributed by atoms with Gasteiger partial charge in [-0.3, -0.25) is 0 Å². The second-order valence-corrected chi connectivity index (χ2v) is 3.00. The topological polar surface area (TPSA) is 38.3 Å². The van der Waals surface area contributed by atoms with E-state index < -0.39 is 23.8 Å². The van der Waals surface area contributed by atoms with Crippen molar-refractivity contribution in [2.45, 2.75) is 6.04 Å². The minimum Gasteiger partial charge on any atom is -0.447 e. The molecule has 1 atom stereocenters. The molecule has 0 radical (unpaired) electrons. The van der Waals surface area contributed by atoms with E-state index in [2.05, 4.69) is 10.1 Å². The van der Waals surface area contributed by atoms with Gasteiger partial charge in [-0.05, 0) is 17.7 Å². The number of benzene rings is 1. The number of cyclic esters (lactones) is 1. The van der Waals surface area contributed by atoms with E-state index in [1.807, 2.05) is 0 Å². The molecule has 1 aromatic carbocycles. The van der Waals surface area contributed by atoms with Crippen LogP contribution in [0.4, 0.5) is 13.6 Å². The van der Waals surface area contributed by atoms with Crippen molar-refractivity contribution >= 4 is 18.5 Å². The summed E-state index contributed by atoms with van der Waals surface area (Å²) in [6.45, 7) is 0.0989. The van der Waals surface area contributed by atoms with Crippen molar-refractivity contribution in [3.05, 3.63) is 35.4 Å². The second kappa shape index (κ2) is 4.44. The van der Waals surface area contributed by atoms with Crippen molar-refractivity contribution in [3.8, 4) is 0 Å². The van der Waals surface area contributed by atoms with Crippen LogP contribution in [0.2, 0.25) is 0 Å². The van der Waals surface area contributed by atoms with Crippen LogP contribution < -0.4 is 5.32 Å². The summed E-state index contributed by atoms with van der Waals surface area (Å²) >= 11 is 0. The van der Waals surface area contributed by atoms with Crippen LogP contribution in [0.1, 0.15) is 11.6 Å². The number of rotatable bonds is 1. The summed E-state index contributed by atoms with van der Waals surface area (Å²) in [6.07, 6.45) is -0.570. The van der Waals surface area contributed by atoms with Gasteiger partial charge in [0, 0.05) is 6.07 Å². The van der Waals surface area contributed by atoms with Crippen LogP contribution in [0.15, 0.2) is 18.2 Å². The van der Waals surface area contributed by atoms with Gasteiger partial charge in [0.15, 0.2) is 0 Å². The van der Waals surface area contributed by atoms with Gasteiger partial charge in [-0.25, -0.2) is 13.6 Å². The molecule has 0 bridgehead atoms. The first kappa shape index (κ1) is 11.7. The molecule has 15 heavy (non-hydrogen) atoms. The van der Waals surface area contributed by atoms with Crippen molar-refractivity contribution < 1.29 is 18.3 Å². The Hall–Kier alpha value is -1.36. The van der Waals surface area contributed by atoms with Crippen LogP contribution in [-0.2, 0) is 4.74 Å². The fourth-order valence-electron chi connectivity index (χ4n) is 1.34. The van der Waals surface area contributed by atoms with Gasteiger partial charge >= 0.3 is 6.09 Å². The lowest BCUT2D eigenvalue weighted by molar-refractivity contribution is 0.177. The third-order valence-electron chi connectivity index (χ3n) is 1.96. The molecule has 0 aliphatic carbocycles. The summed E-state index contributed by atoms with van der Waals surface area (Å²) in [5.74, 6) is -1.33. The summed E-state index contributed by atoms with van der Waals surface area (Å²) in [6, 6.07) is 2.65. The monoisotopic (exact) mass is 235 g/mol. The number of amides is 1. The summed E-state index contributed by atoms with van der Waals surface area (Å²) < 4.78 is 30.2. The van der Waals surface area contributed by atoms with Crippen molar-refractivity contribution in [1.82, 2.24) is 5.32 Å². The first-order valence-electron chi connectivity index (χ1n) is 4.04. The van der Waals surface area contributed by atoms with E-state index in [4.69, 9.17) is 0 Å². The molecule has 1 saturated heterocycles. The fourth-order valence-corrected chi connectivity index (χ4v) is 1.34. The molecule has 0 aromatic heterocycles. The summed E-state index contributed by atoms with van der Waals surface area (Å²) in [5, 5.41) is 2.43. The highest BCUT2D eigenvalue weighted by atomic mass is 35.5. The highest BCUT2D eigenvalue weighted by Crippen LogP contribution is 2.19. The number of ether oxygens (including phenoxy) is 1. The van der Waals surface area contributed by atoms with Gasteiger partial charge in [-0.2, -0.15) is 0 Å². The normalized spacial score (nSPS) is 19.1. The van der Waals surface area contributed by atoms with Crippen molar-refractivity contribution in [2.24, 2.45) is 0 Å². The molecule has 1 heterocycles. The minimum atomic E-state index is -0.666. The molecule has 2 rings (SSSR count).